The number of benzene rings is 2. The maximum absolute atomic E-state index is 13.1. The number of nitrogens with one attached hydrogen (secondary N) is 1. The van der Waals surface area contributed by atoms with Crippen LogP contribution in [0.5, 0.6) is 0 Å². The number of piperidine rings is 1. The summed E-state index contributed by atoms with van der Waals surface area (Å²) in [7, 11) is -2.13. The molecule has 4 rings (SSSR count). The molecule has 0 unspecified atom stereocenters. The highest BCUT2D eigenvalue weighted by Gasteiger charge is 2.30. The number of carbonyl (C=O) groups excluding carboxylic acids is 1. The lowest BCUT2D eigenvalue weighted by atomic mass is 9.93. The van der Waals surface area contributed by atoms with E-state index in [1.54, 1.807) is 18.2 Å². The number of hydrogen-bond acceptors (Lipinski definition) is 4. The van der Waals surface area contributed by atoms with Crippen molar-refractivity contribution in [3.63, 3.8) is 0 Å². The minimum atomic E-state index is -3.65. The number of carbonyl (C=O) groups is 1. The summed E-state index contributed by atoms with van der Waals surface area (Å²) in [6.45, 7) is 5.09. The van der Waals surface area contributed by atoms with E-state index < -0.39 is 10.0 Å². The molecule has 0 saturated carbocycles. The molecule has 0 spiro atoms. The van der Waals surface area contributed by atoms with E-state index in [9.17, 15) is 13.2 Å². The topological polar surface area (TPSA) is 79.4 Å². The second kappa shape index (κ2) is 9.45. The standard InChI is InChI=1S/C26H29N3O3S/c1-18-6-4-9-24(19(18)2)22-10-11-25(28-17-22)20-12-14-29(15-13-20)33(31,32)23-8-5-7-21(16-23)26(30)27-3/h4-11,16-17,20H,12-15H2,1-3H3,(H,27,30). The molecule has 1 amide bonds. The van der Waals surface area contributed by atoms with Crippen molar-refractivity contribution < 1.29 is 13.2 Å². The van der Waals surface area contributed by atoms with Crippen LogP contribution in [-0.2, 0) is 10.0 Å². The Morgan fingerprint density at radius 1 is 1.03 bits per heavy atom. The molecular weight excluding hydrogens is 434 g/mol. The van der Waals surface area contributed by atoms with E-state index in [0.29, 0.717) is 31.5 Å². The first kappa shape index (κ1) is 23.1. The maximum Gasteiger partial charge on any atom is 0.251 e. The van der Waals surface area contributed by atoms with Crippen molar-refractivity contribution in [1.29, 1.82) is 0 Å². The fraction of sp³-hybridized carbons (Fsp3) is 0.308. The molecule has 3 aromatic rings. The predicted octanol–water partition coefficient (Wildman–Crippen LogP) is 4.29. The Bertz CT molecular complexity index is 1260. The zero-order valence-corrected chi connectivity index (χ0v) is 20.0. The van der Waals surface area contributed by atoms with Gasteiger partial charge in [-0.15, -0.1) is 0 Å². The molecule has 1 aliphatic heterocycles. The van der Waals surface area contributed by atoms with Crippen molar-refractivity contribution in [3.05, 3.63) is 83.2 Å². The quantitative estimate of drug-likeness (QED) is 0.612. The number of hydrogen-bond donors (Lipinski definition) is 1. The largest absolute Gasteiger partial charge is 0.355 e. The normalized spacial score (nSPS) is 15.4. The summed E-state index contributed by atoms with van der Waals surface area (Å²) in [5.41, 5.74) is 6.13. The van der Waals surface area contributed by atoms with Gasteiger partial charge >= 0.3 is 0 Å². The minimum absolute atomic E-state index is 0.151. The Morgan fingerprint density at radius 3 is 2.42 bits per heavy atom. The molecule has 0 aliphatic carbocycles. The molecule has 1 aliphatic rings. The van der Waals surface area contributed by atoms with Crippen LogP contribution in [0.2, 0.25) is 0 Å². The number of sulfonamides is 1. The Labute approximate surface area is 195 Å². The average molecular weight is 464 g/mol. The third kappa shape index (κ3) is 4.70. The molecule has 6 nitrogen and oxygen atoms in total. The van der Waals surface area contributed by atoms with E-state index >= 15 is 0 Å². The molecule has 7 heteroatoms. The number of pyridine rings is 1. The smallest absolute Gasteiger partial charge is 0.251 e. The van der Waals surface area contributed by atoms with E-state index in [-0.39, 0.29) is 16.7 Å². The molecule has 1 saturated heterocycles. The Morgan fingerprint density at radius 2 is 1.76 bits per heavy atom. The summed E-state index contributed by atoms with van der Waals surface area (Å²) >= 11 is 0. The Balaban J connectivity index is 1.45. The monoisotopic (exact) mass is 463 g/mol. The highest BCUT2D eigenvalue weighted by molar-refractivity contribution is 7.89. The zero-order valence-electron chi connectivity index (χ0n) is 19.2. The lowest BCUT2D eigenvalue weighted by Crippen LogP contribution is -2.38. The van der Waals surface area contributed by atoms with Gasteiger partial charge in [0, 0.05) is 49.1 Å². The zero-order chi connectivity index (χ0) is 23.6. The third-order valence-electron chi connectivity index (χ3n) is 6.54. The fourth-order valence-electron chi connectivity index (χ4n) is 4.35. The maximum atomic E-state index is 13.1. The molecule has 1 aromatic heterocycles. The predicted molar refractivity (Wildman–Crippen MR) is 130 cm³/mol. The van der Waals surface area contributed by atoms with Crippen LogP contribution >= 0.6 is 0 Å². The van der Waals surface area contributed by atoms with Crippen LogP contribution in [0.1, 0.15) is 45.9 Å². The molecule has 1 fully saturated rings. The van der Waals surface area contributed by atoms with Crippen molar-refractivity contribution in [1.82, 2.24) is 14.6 Å². The number of rotatable bonds is 5. The van der Waals surface area contributed by atoms with Crippen LogP contribution in [-0.4, -0.2) is 43.8 Å². The van der Waals surface area contributed by atoms with Crippen LogP contribution in [0, 0.1) is 13.8 Å². The van der Waals surface area contributed by atoms with Gasteiger partial charge in [0.2, 0.25) is 10.0 Å². The van der Waals surface area contributed by atoms with Crippen LogP contribution in [0.3, 0.4) is 0 Å². The van der Waals surface area contributed by atoms with E-state index in [1.807, 2.05) is 6.20 Å². The van der Waals surface area contributed by atoms with E-state index in [1.165, 1.54) is 34.1 Å². The van der Waals surface area contributed by atoms with Crippen LogP contribution in [0.25, 0.3) is 11.1 Å². The lowest BCUT2D eigenvalue weighted by molar-refractivity contribution is 0.0963. The van der Waals surface area contributed by atoms with Crippen LogP contribution in [0.15, 0.2) is 65.7 Å². The summed E-state index contributed by atoms with van der Waals surface area (Å²) < 4.78 is 27.8. The van der Waals surface area contributed by atoms with Gasteiger partial charge in [-0.3, -0.25) is 9.78 Å². The van der Waals surface area contributed by atoms with Crippen LogP contribution < -0.4 is 5.32 Å². The molecule has 1 N–H and O–H groups in total. The summed E-state index contributed by atoms with van der Waals surface area (Å²) in [6, 6.07) is 16.7. The van der Waals surface area contributed by atoms with Gasteiger partial charge in [-0.05, 0) is 67.6 Å². The van der Waals surface area contributed by atoms with E-state index in [0.717, 1.165) is 11.3 Å². The van der Waals surface area contributed by atoms with Gasteiger partial charge in [0.25, 0.3) is 5.91 Å². The summed E-state index contributed by atoms with van der Waals surface area (Å²) in [5.74, 6) is -0.0811. The van der Waals surface area contributed by atoms with E-state index in [4.69, 9.17) is 4.98 Å². The second-order valence-corrected chi connectivity index (χ2v) is 10.4. The second-order valence-electron chi connectivity index (χ2n) is 8.50. The van der Waals surface area contributed by atoms with Crippen molar-refractivity contribution in [3.8, 4) is 11.1 Å². The number of nitrogens with zero attached hydrogens (tertiary/aromatic N) is 2. The first-order valence-corrected chi connectivity index (χ1v) is 12.6. The summed E-state index contributed by atoms with van der Waals surface area (Å²) in [5, 5.41) is 2.53. The lowest BCUT2D eigenvalue weighted by Gasteiger charge is -2.31. The molecule has 172 valence electrons. The first-order valence-electron chi connectivity index (χ1n) is 11.2. The van der Waals surface area contributed by atoms with Crippen molar-refractivity contribution in [2.24, 2.45) is 0 Å². The summed E-state index contributed by atoms with van der Waals surface area (Å²) in [4.78, 5) is 16.8. The van der Waals surface area contributed by atoms with Crippen molar-refractivity contribution in [2.75, 3.05) is 20.1 Å². The van der Waals surface area contributed by atoms with Gasteiger partial charge < -0.3 is 5.32 Å². The molecule has 2 aromatic carbocycles. The molecule has 0 bridgehead atoms. The van der Waals surface area contributed by atoms with Gasteiger partial charge in [-0.25, -0.2) is 8.42 Å². The molecule has 0 radical (unpaired) electrons. The van der Waals surface area contributed by atoms with Gasteiger partial charge in [0.15, 0.2) is 0 Å². The third-order valence-corrected chi connectivity index (χ3v) is 8.43. The SMILES string of the molecule is CNC(=O)c1cccc(S(=O)(=O)N2CCC(c3ccc(-c4cccc(C)c4C)cn3)CC2)c1. The van der Waals surface area contributed by atoms with Crippen molar-refractivity contribution >= 4 is 15.9 Å². The number of aryl methyl sites for hydroxylation is 1. The molecule has 0 atom stereocenters. The molecule has 2 heterocycles. The van der Waals surface area contributed by atoms with Gasteiger partial charge in [0.1, 0.15) is 0 Å². The first-order chi connectivity index (χ1) is 15.8. The highest BCUT2D eigenvalue weighted by atomic mass is 32.2. The molecule has 33 heavy (non-hydrogen) atoms. The summed E-state index contributed by atoms with van der Waals surface area (Å²) in [6.07, 6.45) is 3.35. The average Bonchev–Trinajstić information content (AvgIpc) is 2.85. The van der Waals surface area contributed by atoms with Gasteiger partial charge in [-0.1, -0.05) is 30.3 Å². The highest BCUT2D eigenvalue weighted by Crippen LogP contribution is 2.31. The van der Waals surface area contributed by atoms with Gasteiger partial charge in [-0.2, -0.15) is 4.31 Å². The number of aromatic nitrogens is 1. The Hall–Kier alpha value is -3.03. The van der Waals surface area contributed by atoms with Crippen LogP contribution in [0.4, 0.5) is 0 Å². The number of amides is 1. The fourth-order valence-corrected chi connectivity index (χ4v) is 5.87. The van der Waals surface area contributed by atoms with E-state index in [2.05, 4.69) is 49.5 Å². The van der Waals surface area contributed by atoms with Crippen molar-refractivity contribution in [2.45, 2.75) is 37.5 Å². The molecular formula is C26H29N3O3S. The minimum Gasteiger partial charge on any atom is -0.355 e. The van der Waals surface area contributed by atoms with Gasteiger partial charge in [0.05, 0.1) is 4.90 Å². The Kier molecular flexibility index (Phi) is 6.63.